The molecule has 0 aromatic rings. The van der Waals surface area contributed by atoms with Gasteiger partial charge in [-0.2, -0.15) is 0 Å². The van der Waals surface area contributed by atoms with Gasteiger partial charge in [-0.1, -0.05) is 75.2 Å². The molecule has 0 N–H and O–H groups in total. The summed E-state index contributed by atoms with van der Waals surface area (Å²) in [6, 6.07) is 0. The Hall–Kier alpha value is -0.330. The zero-order valence-corrected chi connectivity index (χ0v) is 14.7. The van der Waals surface area contributed by atoms with Gasteiger partial charge in [0.15, 0.2) is 0 Å². The van der Waals surface area contributed by atoms with Crippen LogP contribution in [0.15, 0.2) is 11.4 Å². The standard InChI is InChI=1S/C18H35F/c1-10-13(4)17(6,7)16(15(19)12-3)18(8,9)14(5)11-2/h13-14H,10-12H2,1-9H3. The lowest BCUT2D eigenvalue weighted by Gasteiger charge is -2.45. The summed E-state index contributed by atoms with van der Waals surface area (Å²) in [5.74, 6) is 1.09. The summed E-state index contributed by atoms with van der Waals surface area (Å²) >= 11 is 0. The van der Waals surface area contributed by atoms with Gasteiger partial charge in [0.25, 0.3) is 0 Å². The Bertz CT molecular complexity index is 286. The Morgan fingerprint density at radius 1 is 0.842 bits per heavy atom. The molecule has 0 heterocycles. The monoisotopic (exact) mass is 270 g/mol. The maximum Gasteiger partial charge on any atom is 0.0999 e. The number of hydrogen-bond acceptors (Lipinski definition) is 0. The summed E-state index contributed by atoms with van der Waals surface area (Å²) in [6.07, 6.45) is 2.68. The van der Waals surface area contributed by atoms with Gasteiger partial charge in [-0.05, 0) is 34.7 Å². The largest absolute Gasteiger partial charge is 0.212 e. The average molecular weight is 270 g/mol. The van der Waals surface area contributed by atoms with Crippen LogP contribution in [0.2, 0.25) is 0 Å². The Kier molecular flexibility index (Phi) is 6.78. The summed E-state index contributed by atoms with van der Waals surface area (Å²) < 4.78 is 14.7. The van der Waals surface area contributed by atoms with Gasteiger partial charge >= 0.3 is 0 Å². The highest BCUT2D eigenvalue weighted by molar-refractivity contribution is 5.25. The molecule has 0 aliphatic heterocycles. The number of rotatable bonds is 7. The van der Waals surface area contributed by atoms with Crippen LogP contribution in [0.1, 0.15) is 81.6 Å². The smallest absolute Gasteiger partial charge is 0.0999 e. The first-order valence-corrected chi connectivity index (χ1v) is 7.96. The topological polar surface area (TPSA) is 0 Å². The van der Waals surface area contributed by atoms with Crippen LogP contribution in [0.4, 0.5) is 4.39 Å². The van der Waals surface area contributed by atoms with Gasteiger partial charge < -0.3 is 0 Å². The SMILES string of the molecule is CCC(F)=C(C(C)(C)C(C)CC)C(C)(C)C(C)CC. The van der Waals surface area contributed by atoms with Crippen LogP contribution in [-0.4, -0.2) is 0 Å². The Balaban J connectivity index is 5.88. The Labute approximate surface area is 120 Å². The molecule has 0 aliphatic carbocycles. The molecule has 0 amide bonds. The van der Waals surface area contributed by atoms with Gasteiger partial charge in [0.2, 0.25) is 0 Å². The molecule has 0 bridgehead atoms. The van der Waals surface area contributed by atoms with E-state index in [0.717, 1.165) is 18.4 Å². The number of hydrogen-bond donors (Lipinski definition) is 0. The van der Waals surface area contributed by atoms with Crippen molar-refractivity contribution in [3.8, 4) is 0 Å². The van der Waals surface area contributed by atoms with Crippen LogP contribution in [-0.2, 0) is 0 Å². The summed E-state index contributed by atoms with van der Waals surface area (Å²) in [5, 5.41) is 0. The van der Waals surface area contributed by atoms with E-state index >= 15 is 0 Å². The lowest BCUT2D eigenvalue weighted by Crippen LogP contribution is -2.36. The third kappa shape index (κ3) is 3.83. The maximum absolute atomic E-state index is 14.7. The fourth-order valence-corrected chi connectivity index (χ4v) is 3.22. The first-order chi connectivity index (χ1) is 8.57. The molecule has 2 unspecified atom stereocenters. The second-order valence-corrected chi connectivity index (χ2v) is 7.20. The van der Waals surface area contributed by atoms with Crippen LogP contribution in [0, 0.1) is 22.7 Å². The van der Waals surface area contributed by atoms with E-state index in [9.17, 15) is 4.39 Å². The van der Waals surface area contributed by atoms with Gasteiger partial charge in [-0.15, -0.1) is 0 Å². The molecule has 19 heavy (non-hydrogen) atoms. The molecule has 0 saturated carbocycles. The van der Waals surface area contributed by atoms with E-state index in [1.165, 1.54) is 0 Å². The van der Waals surface area contributed by atoms with E-state index in [-0.39, 0.29) is 16.7 Å². The lowest BCUT2D eigenvalue weighted by molar-refractivity contribution is 0.167. The molecule has 0 fully saturated rings. The number of halogens is 1. The van der Waals surface area contributed by atoms with Crippen LogP contribution in [0.25, 0.3) is 0 Å². The molecule has 0 radical (unpaired) electrons. The fraction of sp³-hybridized carbons (Fsp3) is 0.889. The minimum Gasteiger partial charge on any atom is -0.212 e. The van der Waals surface area contributed by atoms with Crippen molar-refractivity contribution < 1.29 is 4.39 Å². The van der Waals surface area contributed by atoms with E-state index in [4.69, 9.17) is 0 Å². The molecule has 2 atom stereocenters. The van der Waals surface area contributed by atoms with E-state index in [0.29, 0.717) is 18.3 Å². The minimum absolute atomic E-state index is 0.0816. The highest BCUT2D eigenvalue weighted by atomic mass is 19.1. The molecular formula is C18H35F. The number of allylic oxidation sites excluding steroid dienone is 2. The van der Waals surface area contributed by atoms with E-state index in [1.54, 1.807) is 0 Å². The second kappa shape index (κ2) is 6.90. The van der Waals surface area contributed by atoms with Crippen molar-refractivity contribution in [2.24, 2.45) is 22.7 Å². The Morgan fingerprint density at radius 2 is 1.16 bits per heavy atom. The first kappa shape index (κ1) is 18.7. The van der Waals surface area contributed by atoms with Crippen molar-refractivity contribution in [1.82, 2.24) is 0 Å². The Morgan fingerprint density at radius 3 is 1.37 bits per heavy atom. The van der Waals surface area contributed by atoms with E-state index in [2.05, 4.69) is 55.4 Å². The first-order valence-electron chi connectivity index (χ1n) is 7.96. The lowest BCUT2D eigenvalue weighted by atomic mass is 9.59. The predicted octanol–water partition coefficient (Wildman–Crippen LogP) is 6.76. The highest BCUT2D eigenvalue weighted by Crippen LogP contribution is 2.51. The third-order valence-electron chi connectivity index (χ3n) is 5.56. The maximum atomic E-state index is 14.7. The summed E-state index contributed by atoms with van der Waals surface area (Å²) in [7, 11) is 0. The summed E-state index contributed by atoms with van der Waals surface area (Å²) in [4.78, 5) is 0. The highest BCUT2D eigenvalue weighted by Gasteiger charge is 2.42. The summed E-state index contributed by atoms with van der Waals surface area (Å²) in [6.45, 7) is 19.7. The predicted molar refractivity (Wildman–Crippen MR) is 84.9 cm³/mol. The summed E-state index contributed by atoms with van der Waals surface area (Å²) in [5.41, 5.74) is 0.884. The molecular weight excluding hydrogens is 235 g/mol. The fourth-order valence-electron chi connectivity index (χ4n) is 3.22. The molecule has 0 aliphatic rings. The second-order valence-electron chi connectivity index (χ2n) is 7.20. The molecule has 0 saturated heterocycles. The van der Waals surface area contributed by atoms with Crippen LogP contribution in [0.3, 0.4) is 0 Å². The van der Waals surface area contributed by atoms with Crippen molar-refractivity contribution in [2.75, 3.05) is 0 Å². The van der Waals surface area contributed by atoms with E-state index in [1.807, 2.05) is 6.92 Å². The van der Waals surface area contributed by atoms with Crippen molar-refractivity contribution in [3.63, 3.8) is 0 Å². The van der Waals surface area contributed by atoms with Crippen molar-refractivity contribution in [2.45, 2.75) is 81.6 Å². The third-order valence-corrected chi connectivity index (χ3v) is 5.56. The zero-order valence-electron chi connectivity index (χ0n) is 14.7. The average Bonchev–Trinajstić information content (AvgIpc) is 2.35. The van der Waals surface area contributed by atoms with Crippen molar-refractivity contribution >= 4 is 0 Å². The van der Waals surface area contributed by atoms with Gasteiger partial charge in [-0.25, -0.2) is 4.39 Å². The molecule has 114 valence electrons. The molecule has 0 rings (SSSR count). The zero-order chi connectivity index (χ0) is 15.4. The minimum atomic E-state index is -0.0816. The molecule has 0 spiro atoms. The molecule has 1 heteroatoms. The van der Waals surface area contributed by atoms with Crippen LogP contribution >= 0.6 is 0 Å². The quantitative estimate of drug-likeness (QED) is 0.479. The molecule has 0 aromatic carbocycles. The van der Waals surface area contributed by atoms with Gasteiger partial charge in [0, 0.05) is 0 Å². The van der Waals surface area contributed by atoms with E-state index < -0.39 is 0 Å². The molecule has 0 aromatic heterocycles. The van der Waals surface area contributed by atoms with Crippen molar-refractivity contribution in [1.29, 1.82) is 0 Å². The normalized spacial score (nSPS) is 16.1. The van der Waals surface area contributed by atoms with Gasteiger partial charge in [-0.3, -0.25) is 0 Å². The van der Waals surface area contributed by atoms with Crippen molar-refractivity contribution in [3.05, 3.63) is 11.4 Å². The van der Waals surface area contributed by atoms with Crippen LogP contribution in [0.5, 0.6) is 0 Å². The molecule has 0 nitrogen and oxygen atoms in total. The van der Waals surface area contributed by atoms with Gasteiger partial charge in [0.05, 0.1) is 5.83 Å². The van der Waals surface area contributed by atoms with Crippen LogP contribution < -0.4 is 0 Å². The van der Waals surface area contributed by atoms with Gasteiger partial charge in [0.1, 0.15) is 0 Å².